The van der Waals surface area contributed by atoms with Crippen LogP contribution in [0.15, 0.2) is 18.2 Å². The normalized spacial score (nSPS) is 14.9. The van der Waals surface area contributed by atoms with Crippen molar-refractivity contribution in [2.45, 2.75) is 25.7 Å². The van der Waals surface area contributed by atoms with Crippen LogP contribution < -0.4 is 10.5 Å². The number of nitrogens with two attached hydrogens (primary N) is 1. The standard InChI is InChI=1S/C14H19NO3/c1-17-14(16)11-5-6-13(12(15)9-11)18-8-7-10-3-2-4-10/h5-6,9-10H,2-4,7-8,15H2,1H3. The number of methoxy groups -OCH3 is 1. The fourth-order valence-electron chi connectivity index (χ4n) is 2.04. The van der Waals surface area contributed by atoms with E-state index in [4.69, 9.17) is 10.5 Å². The Morgan fingerprint density at radius 2 is 2.22 bits per heavy atom. The predicted octanol–water partition coefficient (Wildman–Crippen LogP) is 2.62. The van der Waals surface area contributed by atoms with Crippen molar-refractivity contribution < 1.29 is 14.3 Å². The van der Waals surface area contributed by atoms with E-state index in [-0.39, 0.29) is 5.97 Å². The molecule has 1 fully saturated rings. The molecule has 0 radical (unpaired) electrons. The van der Waals surface area contributed by atoms with E-state index in [1.54, 1.807) is 18.2 Å². The van der Waals surface area contributed by atoms with Crippen molar-refractivity contribution in [1.82, 2.24) is 0 Å². The van der Waals surface area contributed by atoms with Crippen LogP contribution in [0.4, 0.5) is 5.69 Å². The molecule has 0 heterocycles. The van der Waals surface area contributed by atoms with E-state index in [0.29, 0.717) is 23.6 Å². The Hall–Kier alpha value is -1.71. The fourth-order valence-corrected chi connectivity index (χ4v) is 2.04. The van der Waals surface area contributed by atoms with Gasteiger partial charge in [-0.3, -0.25) is 0 Å². The van der Waals surface area contributed by atoms with Crippen LogP contribution in [0.25, 0.3) is 0 Å². The van der Waals surface area contributed by atoms with Crippen molar-refractivity contribution in [2.75, 3.05) is 19.5 Å². The molecule has 0 unspecified atom stereocenters. The van der Waals surface area contributed by atoms with Crippen molar-refractivity contribution in [3.63, 3.8) is 0 Å². The van der Waals surface area contributed by atoms with Crippen LogP contribution in [0, 0.1) is 5.92 Å². The first kappa shape index (κ1) is 12.7. The van der Waals surface area contributed by atoms with Gasteiger partial charge in [-0.15, -0.1) is 0 Å². The molecule has 1 aliphatic rings. The summed E-state index contributed by atoms with van der Waals surface area (Å²) < 4.78 is 10.3. The van der Waals surface area contributed by atoms with Gasteiger partial charge in [0, 0.05) is 0 Å². The number of rotatable bonds is 5. The highest BCUT2D eigenvalue weighted by Gasteiger charge is 2.17. The highest BCUT2D eigenvalue weighted by Crippen LogP contribution is 2.30. The topological polar surface area (TPSA) is 61.5 Å². The molecular formula is C14H19NO3. The van der Waals surface area contributed by atoms with Gasteiger partial charge in [0.05, 0.1) is 25.0 Å². The number of carbonyl (C=O) groups excluding carboxylic acids is 1. The van der Waals surface area contributed by atoms with Crippen molar-refractivity contribution in [1.29, 1.82) is 0 Å². The van der Waals surface area contributed by atoms with E-state index in [2.05, 4.69) is 4.74 Å². The number of nitrogen functional groups attached to an aromatic ring is 1. The molecule has 0 bridgehead atoms. The van der Waals surface area contributed by atoms with Gasteiger partial charge in [-0.1, -0.05) is 19.3 Å². The summed E-state index contributed by atoms with van der Waals surface area (Å²) in [5.74, 6) is 1.07. The van der Waals surface area contributed by atoms with E-state index in [1.807, 2.05) is 0 Å². The largest absolute Gasteiger partial charge is 0.491 e. The molecule has 0 amide bonds. The smallest absolute Gasteiger partial charge is 0.337 e. The van der Waals surface area contributed by atoms with Crippen molar-refractivity contribution in [3.8, 4) is 5.75 Å². The summed E-state index contributed by atoms with van der Waals surface area (Å²) in [6.45, 7) is 0.687. The zero-order valence-corrected chi connectivity index (χ0v) is 10.6. The zero-order valence-electron chi connectivity index (χ0n) is 10.6. The second kappa shape index (κ2) is 5.76. The first-order valence-electron chi connectivity index (χ1n) is 6.31. The maximum absolute atomic E-state index is 11.3. The first-order chi connectivity index (χ1) is 8.70. The summed E-state index contributed by atoms with van der Waals surface area (Å²) in [7, 11) is 1.35. The Labute approximate surface area is 107 Å². The number of hydrogen-bond donors (Lipinski definition) is 1. The minimum atomic E-state index is -0.386. The molecule has 1 aliphatic carbocycles. The van der Waals surface area contributed by atoms with Gasteiger partial charge >= 0.3 is 5.97 Å². The van der Waals surface area contributed by atoms with Gasteiger partial charge < -0.3 is 15.2 Å². The van der Waals surface area contributed by atoms with Gasteiger partial charge in [0.15, 0.2) is 0 Å². The Morgan fingerprint density at radius 3 is 2.78 bits per heavy atom. The molecule has 1 aromatic carbocycles. The van der Waals surface area contributed by atoms with Gasteiger partial charge in [0.25, 0.3) is 0 Å². The van der Waals surface area contributed by atoms with E-state index >= 15 is 0 Å². The molecule has 2 rings (SSSR count). The van der Waals surface area contributed by atoms with Crippen LogP contribution in [0.3, 0.4) is 0 Å². The lowest BCUT2D eigenvalue weighted by Crippen LogP contribution is -2.14. The summed E-state index contributed by atoms with van der Waals surface area (Å²) in [4.78, 5) is 11.3. The minimum Gasteiger partial charge on any atom is -0.491 e. The van der Waals surface area contributed by atoms with Crippen molar-refractivity contribution in [3.05, 3.63) is 23.8 Å². The van der Waals surface area contributed by atoms with Crippen molar-refractivity contribution >= 4 is 11.7 Å². The molecule has 4 nitrogen and oxygen atoms in total. The maximum atomic E-state index is 11.3. The van der Waals surface area contributed by atoms with Gasteiger partial charge in [-0.25, -0.2) is 4.79 Å². The molecule has 2 N–H and O–H groups in total. The summed E-state index contributed by atoms with van der Waals surface area (Å²) in [6, 6.07) is 4.98. The second-order valence-electron chi connectivity index (χ2n) is 4.68. The van der Waals surface area contributed by atoms with Crippen LogP contribution in [-0.2, 0) is 4.74 Å². The van der Waals surface area contributed by atoms with E-state index in [0.717, 1.165) is 12.3 Å². The van der Waals surface area contributed by atoms with E-state index in [1.165, 1.54) is 26.4 Å². The lowest BCUT2D eigenvalue weighted by atomic mass is 9.83. The average molecular weight is 249 g/mol. The van der Waals surface area contributed by atoms with E-state index in [9.17, 15) is 4.79 Å². The van der Waals surface area contributed by atoms with Gasteiger partial charge in [-0.05, 0) is 30.5 Å². The molecule has 18 heavy (non-hydrogen) atoms. The molecule has 0 aliphatic heterocycles. The number of hydrogen-bond acceptors (Lipinski definition) is 4. The maximum Gasteiger partial charge on any atom is 0.337 e. The SMILES string of the molecule is COC(=O)c1ccc(OCCC2CCC2)c(N)c1. The Balaban J connectivity index is 1.89. The fraction of sp³-hybridized carbons (Fsp3) is 0.500. The van der Waals surface area contributed by atoms with E-state index < -0.39 is 0 Å². The Bertz CT molecular complexity index is 427. The number of esters is 1. The van der Waals surface area contributed by atoms with Gasteiger partial charge in [-0.2, -0.15) is 0 Å². The second-order valence-corrected chi connectivity index (χ2v) is 4.68. The number of ether oxygens (including phenoxy) is 2. The molecule has 1 aromatic rings. The average Bonchev–Trinajstić information content (AvgIpc) is 2.32. The number of benzene rings is 1. The number of anilines is 1. The van der Waals surface area contributed by atoms with Crippen LogP contribution in [-0.4, -0.2) is 19.7 Å². The summed E-state index contributed by atoms with van der Waals surface area (Å²) in [6.07, 6.45) is 5.07. The summed E-state index contributed by atoms with van der Waals surface area (Å²) in [5.41, 5.74) is 6.77. The molecule has 0 saturated heterocycles. The van der Waals surface area contributed by atoms with Crippen LogP contribution in [0.2, 0.25) is 0 Å². The minimum absolute atomic E-state index is 0.386. The monoisotopic (exact) mass is 249 g/mol. The predicted molar refractivity (Wildman–Crippen MR) is 69.6 cm³/mol. The Kier molecular flexibility index (Phi) is 4.07. The molecule has 4 heteroatoms. The van der Waals surface area contributed by atoms with Crippen LogP contribution in [0.1, 0.15) is 36.0 Å². The lowest BCUT2D eigenvalue weighted by molar-refractivity contribution is 0.0601. The third-order valence-corrected chi connectivity index (χ3v) is 3.44. The first-order valence-corrected chi connectivity index (χ1v) is 6.31. The van der Waals surface area contributed by atoms with Crippen molar-refractivity contribution in [2.24, 2.45) is 5.92 Å². The molecular weight excluding hydrogens is 230 g/mol. The third-order valence-electron chi connectivity index (χ3n) is 3.44. The third kappa shape index (κ3) is 2.94. The number of carbonyl (C=O) groups is 1. The van der Waals surface area contributed by atoms with Crippen LogP contribution >= 0.6 is 0 Å². The molecule has 98 valence electrons. The van der Waals surface area contributed by atoms with Crippen LogP contribution in [0.5, 0.6) is 5.75 Å². The quantitative estimate of drug-likeness (QED) is 0.643. The molecule has 1 saturated carbocycles. The zero-order chi connectivity index (χ0) is 13.0. The lowest BCUT2D eigenvalue weighted by Gasteiger charge is -2.25. The highest BCUT2D eigenvalue weighted by atomic mass is 16.5. The van der Waals surface area contributed by atoms with Gasteiger partial charge in [0.1, 0.15) is 5.75 Å². The summed E-state index contributed by atoms with van der Waals surface area (Å²) in [5, 5.41) is 0. The molecule has 0 spiro atoms. The highest BCUT2D eigenvalue weighted by molar-refractivity contribution is 5.90. The van der Waals surface area contributed by atoms with Gasteiger partial charge in [0.2, 0.25) is 0 Å². The Morgan fingerprint density at radius 1 is 1.44 bits per heavy atom. The molecule has 0 atom stereocenters. The molecule has 0 aromatic heterocycles. The summed E-state index contributed by atoms with van der Waals surface area (Å²) >= 11 is 0.